The molecule has 18 heavy (non-hydrogen) atoms. The lowest BCUT2D eigenvalue weighted by molar-refractivity contribution is 0.0100. The van der Waals surface area contributed by atoms with Gasteiger partial charge < -0.3 is 4.74 Å². The first-order valence-corrected chi connectivity index (χ1v) is 7.55. The summed E-state index contributed by atoms with van der Waals surface area (Å²) in [6, 6.07) is 7.95. The minimum absolute atomic E-state index is 0.175. The first-order chi connectivity index (χ1) is 8.74. The lowest BCUT2D eigenvalue weighted by Gasteiger charge is -2.23. The van der Waals surface area contributed by atoms with E-state index in [1.165, 1.54) is 24.8 Å². The number of hydrogen-bond donors (Lipinski definition) is 0. The monoisotopic (exact) mass is 286 g/mol. The van der Waals surface area contributed by atoms with E-state index in [2.05, 4.69) is 6.07 Å². The molecular weight excluding hydrogens is 267 g/mol. The summed E-state index contributed by atoms with van der Waals surface area (Å²) >= 11 is 12.4. The van der Waals surface area contributed by atoms with E-state index >= 15 is 0 Å². The molecule has 0 radical (unpaired) electrons. The van der Waals surface area contributed by atoms with Gasteiger partial charge in [0, 0.05) is 17.0 Å². The average Bonchev–Trinajstić information content (AvgIpc) is 2.38. The van der Waals surface area contributed by atoms with Crippen molar-refractivity contribution in [3.63, 3.8) is 0 Å². The Morgan fingerprint density at radius 3 is 2.94 bits per heavy atom. The van der Waals surface area contributed by atoms with E-state index < -0.39 is 0 Å². The molecule has 0 saturated carbocycles. The van der Waals surface area contributed by atoms with Crippen molar-refractivity contribution in [1.82, 2.24) is 0 Å². The van der Waals surface area contributed by atoms with Gasteiger partial charge >= 0.3 is 0 Å². The molecule has 0 spiro atoms. The molecule has 0 aliphatic carbocycles. The summed E-state index contributed by atoms with van der Waals surface area (Å²) in [6.45, 7) is 0.923. The highest BCUT2D eigenvalue weighted by molar-refractivity contribution is 6.30. The summed E-state index contributed by atoms with van der Waals surface area (Å²) in [6.07, 6.45) is 7.11. The third-order valence-electron chi connectivity index (χ3n) is 3.42. The van der Waals surface area contributed by atoms with E-state index in [-0.39, 0.29) is 5.38 Å². The van der Waals surface area contributed by atoms with E-state index in [1.807, 2.05) is 18.2 Å². The molecule has 0 bridgehead atoms. The molecule has 1 aromatic carbocycles. The van der Waals surface area contributed by atoms with Crippen molar-refractivity contribution in [3.05, 3.63) is 34.9 Å². The topological polar surface area (TPSA) is 9.23 Å². The van der Waals surface area contributed by atoms with Gasteiger partial charge in [0.05, 0.1) is 6.10 Å². The number of benzene rings is 1. The number of halogens is 2. The number of hydrogen-bond acceptors (Lipinski definition) is 1. The second kappa shape index (κ2) is 7.37. The van der Waals surface area contributed by atoms with Crippen LogP contribution in [0.4, 0.5) is 0 Å². The Labute approximate surface area is 119 Å². The van der Waals surface area contributed by atoms with Crippen molar-refractivity contribution in [1.29, 1.82) is 0 Å². The molecule has 3 heteroatoms. The SMILES string of the molecule is Clc1cccc(CC(Cl)CCC2CCCCO2)c1. The van der Waals surface area contributed by atoms with Gasteiger partial charge in [-0.2, -0.15) is 0 Å². The van der Waals surface area contributed by atoms with Crippen LogP contribution in [0.15, 0.2) is 24.3 Å². The van der Waals surface area contributed by atoms with Crippen molar-refractivity contribution in [2.24, 2.45) is 0 Å². The molecule has 1 aromatic rings. The predicted octanol–water partition coefficient (Wildman–Crippen LogP) is 4.84. The summed E-state index contributed by atoms with van der Waals surface area (Å²) in [7, 11) is 0. The fraction of sp³-hybridized carbons (Fsp3) is 0.600. The average molecular weight is 287 g/mol. The molecule has 1 aliphatic rings. The Morgan fingerprint density at radius 1 is 1.33 bits per heavy atom. The lowest BCUT2D eigenvalue weighted by Crippen LogP contribution is -2.20. The molecule has 1 fully saturated rings. The van der Waals surface area contributed by atoms with Gasteiger partial charge in [0.1, 0.15) is 0 Å². The molecule has 0 aromatic heterocycles. The summed E-state index contributed by atoms with van der Waals surface area (Å²) < 4.78 is 5.72. The zero-order valence-corrected chi connectivity index (χ0v) is 12.1. The van der Waals surface area contributed by atoms with Crippen molar-refractivity contribution in [2.75, 3.05) is 6.61 Å². The summed E-state index contributed by atoms with van der Waals surface area (Å²) in [5, 5.41) is 0.959. The van der Waals surface area contributed by atoms with Crippen LogP contribution in [0.25, 0.3) is 0 Å². The molecule has 0 N–H and O–H groups in total. The van der Waals surface area contributed by atoms with Gasteiger partial charge in [-0.15, -0.1) is 11.6 Å². The van der Waals surface area contributed by atoms with Crippen LogP contribution in [-0.2, 0) is 11.2 Å². The van der Waals surface area contributed by atoms with Gasteiger partial charge in [0.2, 0.25) is 0 Å². The largest absolute Gasteiger partial charge is 0.378 e. The maximum absolute atomic E-state index is 6.39. The molecule has 1 nitrogen and oxygen atoms in total. The summed E-state index contributed by atoms with van der Waals surface area (Å²) in [5.74, 6) is 0. The zero-order valence-electron chi connectivity index (χ0n) is 10.6. The quantitative estimate of drug-likeness (QED) is 0.704. The van der Waals surface area contributed by atoms with Crippen LogP contribution in [0.2, 0.25) is 5.02 Å². The molecule has 2 unspecified atom stereocenters. The molecule has 1 aliphatic heterocycles. The Balaban J connectivity index is 1.72. The molecule has 2 rings (SSSR count). The van der Waals surface area contributed by atoms with E-state index in [0.29, 0.717) is 6.10 Å². The normalized spacial score (nSPS) is 21.8. The van der Waals surface area contributed by atoms with Crippen LogP contribution in [0.1, 0.15) is 37.7 Å². The van der Waals surface area contributed by atoms with Gasteiger partial charge in [-0.1, -0.05) is 23.7 Å². The predicted molar refractivity (Wildman–Crippen MR) is 77.6 cm³/mol. The van der Waals surface area contributed by atoms with Crippen LogP contribution >= 0.6 is 23.2 Å². The number of alkyl halides is 1. The van der Waals surface area contributed by atoms with E-state index in [1.54, 1.807) is 0 Å². The Morgan fingerprint density at radius 2 is 2.22 bits per heavy atom. The van der Waals surface area contributed by atoms with E-state index in [4.69, 9.17) is 27.9 Å². The Kier molecular flexibility index (Phi) is 5.81. The first-order valence-electron chi connectivity index (χ1n) is 6.74. The standard InChI is InChI=1S/C15H20Cl2O/c16-13-5-3-4-12(10-13)11-14(17)7-8-15-6-1-2-9-18-15/h3-5,10,14-15H,1-2,6-9,11H2. The van der Waals surface area contributed by atoms with Gasteiger partial charge in [-0.05, 0) is 56.2 Å². The van der Waals surface area contributed by atoms with Gasteiger partial charge in [-0.3, -0.25) is 0 Å². The third-order valence-corrected chi connectivity index (χ3v) is 4.03. The van der Waals surface area contributed by atoms with Gasteiger partial charge in [0.15, 0.2) is 0 Å². The fourth-order valence-electron chi connectivity index (χ4n) is 2.42. The molecule has 2 atom stereocenters. The maximum atomic E-state index is 6.39. The van der Waals surface area contributed by atoms with Gasteiger partial charge in [0.25, 0.3) is 0 Å². The number of ether oxygens (including phenoxy) is 1. The van der Waals surface area contributed by atoms with Gasteiger partial charge in [-0.25, -0.2) is 0 Å². The second-order valence-electron chi connectivity index (χ2n) is 5.00. The molecular formula is C15H20Cl2O. The smallest absolute Gasteiger partial charge is 0.0575 e. The highest BCUT2D eigenvalue weighted by atomic mass is 35.5. The fourth-order valence-corrected chi connectivity index (χ4v) is 2.94. The molecule has 1 saturated heterocycles. The van der Waals surface area contributed by atoms with E-state index in [9.17, 15) is 0 Å². The minimum atomic E-state index is 0.175. The number of rotatable bonds is 5. The lowest BCUT2D eigenvalue weighted by atomic mass is 10.0. The Bertz CT molecular complexity index is 361. The van der Waals surface area contributed by atoms with Crippen LogP contribution in [-0.4, -0.2) is 18.1 Å². The first kappa shape index (κ1) is 14.2. The molecule has 100 valence electrons. The van der Waals surface area contributed by atoms with Crippen LogP contribution in [0.5, 0.6) is 0 Å². The highest BCUT2D eigenvalue weighted by Crippen LogP contribution is 2.21. The second-order valence-corrected chi connectivity index (χ2v) is 6.05. The van der Waals surface area contributed by atoms with Crippen molar-refractivity contribution < 1.29 is 4.74 Å². The van der Waals surface area contributed by atoms with Crippen molar-refractivity contribution in [3.8, 4) is 0 Å². The molecule has 0 amide bonds. The maximum Gasteiger partial charge on any atom is 0.0575 e. The van der Waals surface area contributed by atoms with E-state index in [0.717, 1.165) is 30.9 Å². The summed E-state index contributed by atoms with van der Waals surface area (Å²) in [5.41, 5.74) is 1.21. The van der Waals surface area contributed by atoms with Crippen LogP contribution in [0, 0.1) is 0 Å². The molecule has 1 heterocycles. The zero-order chi connectivity index (χ0) is 12.8. The van der Waals surface area contributed by atoms with Crippen LogP contribution < -0.4 is 0 Å². The minimum Gasteiger partial charge on any atom is -0.378 e. The highest BCUT2D eigenvalue weighted by Gasteiger charge is 2.15. The van der Waals surface area contributed by atoms with Crippen molar-refractivity contribution >= 4 is 23.2 Å². The van der Waals surface area contributed by atoms with Crippen molar-refractivity contribution in [2.45, 2.75) is 50.0 Å². The van der Waals surface area contributed by atoms with Crippen LogP contribution in [0.3, 0.4) is 0 Å². The summed E-state index contributed by atoms with van der Waals surface area (Å²) in [4.78, 5) is 0. The third kappa shape index (κ3) is 4.79. The Hall–Kier alpha value is -0.240.